The first-order valence-corrected chi connectivity index (χ1v) is 17.6. The molecule has 4 aliphatic rings. The average Bonchev–Trinajstić information content (AvgIpc) is 3.06. The molecule has 0 aromatic rings. The number of hydrogen-bond acceptors (Lipinski definition) is 1. The van der Waals surface area contributed by atoms with Crippen molar-refractivity contribution in [3.63, 3.8) is 0 Å². The van der Waals surface area contributed by atoms with Crippen molar-refractivity contribution >= 4 is 19.8 Å². The summed E-state index contributed by atoms with van der Waals surface area (Å²) in [5.41, 5.74) is 0.626. The Kier molecular flexibility index (Phi) is 7.27. The molecule has 9 atom stereocenters. The molecule has 4 rings (SSSR count). The molecule has 1 N–H and O–H groups in total. The number of hydrogen-bond donors (Lipinski definition) is 1. The van der Waals surface area contributed by atoms with Crippen molar-refractivity contribution < 1.29 is 5.11 Å². The van der Waals surface area contributed by atoms with Crippen LogP contribution in [-0.2, 0) is 0 Å². The molecule has 2 saturated carbocycles. The number of halogens is 1. The second kappa shape index (κ2) is 9.15. The van der Waals surface area contributed by atoms with Gasteiger partial charge in [0.1, 0.15) is 0 Å². The zero-order valence-electron chi connectivity index (χ0n) is 20.9. The van der Waals surface area contributed by atoms with Gasteiger partial charge in [-0.1, -0.05) is 0 Å². The van der Waals surface area contributed by atoms with Gasteiger partial charge in [-0.15, -0.1) is 0 Å². The summed E-state index contributed by atoms with van der Waals surface area (Å²) >= 11 is -0.985. The van der Waals surface area contributed by atoms with Crippen LogP contribution in [0.25, 0.3) is 0 Å². The van der Waals surface area contributed by atoms with E-state index in [1.807, 2.05) is 0 Å². The summed E-state index contributed by atoms with van der Waals surface area (Å²) in [7, 11) is 0. The van der Waals surface area contributed by atoms with Crippen molar-refractivity contribution in [2.75, 3.05) is 8.86 Å². The summed E-state index contributed by atoms with van der Waals surface area (Å²) in [4.78, 5) is 0. The summed E-state index contributed by atoms with van der Waals surface area (Å²) in [5.74, 6) is 6.71. The fourth-order valence-electron chi connectivity index (χ4n) is 9.08. The van der Waals surface area contributed by atoms with Crippen LogP contribution in [0.2, 0.25) is 0 Å². The molecule has 176 valence electrons. The number of aliphatic hydroxyl groups is 1. The molecule has 1 nitrogen and oxygen atoms in total. The van der Waals surface area contributed by atoms with Crippen LogP contribution < -0.4 is 0 Å². The Balaban J connectivity index is 1.45. The van der Waals surface area contributed by atoms with E-state index in [1.54, 1.807) is 4.43 Å². The van der Waals surface area contributed by atoms with E-state index in [9.17, 15) is 5.11 Å². The van der Waals surface area contributed by atoms with E-state index < -0.39 is 19.8 Å². The molecule has 2 heteroatoms. The molecule has 2 saturated heterocycles. The summed E-state index contributed by atoms with van der Waals surface area (Å²) in [5, 5.41) is 10.3. The van der Waals surface area contributed by atoms with Crippen LogP contribution in [0.4, 0.5) is 0 Å². The fourth-order valence-corrected chi connectivity index (χ4v) is 17.9. The van der Waals surface area contributed by atoms with E-state index in [4.69, 9.17) is 0 Å². The second-order valence-electron chi connectivity index (χ2n) is 12.6. The van der Waals surface area contributed by atoms with E-state index in [1.165, 1.54) is 62.2 Å². The minimum atomic E-state index is -0.985. The molecule has 0 spiro atoms. The van der Waals surface area contributed by atoms with Gasteiger partial charge in [0.15, 0.2) is 0 Å². The van der Waals surface area contributed by atoms with Crippen molar-refractivity contribution in [2.24, 2.45) is 46.8 Å². The van der Waals surface area contributed by atoms with Gasteiger partial charge in [-0.2, -0.15) is 0 Å². The Morgan fingerprint density at radius 3 is 2.40 bits per heavy atom. The predicted octanol–water partition coefficient (Wildman–Crippen LogP) is 7.97. The average molecular weight is 531 g/mol. The van der Waals surface area contributed by atoms with Crippen LogP contribution in [0.15, 0.2) is 0 Å². The third kappa shape index (κ3) is 4.05. The SMILES string of the molecule is CCC(CCC(C)C1CCC2C3CCI4CC(O)CCC4(C)C3CCC12C)C(C)C. The zero-order valence-corrected chi connectivity index (χ0v) is 23.1. The molecule has 2 heterocycles. The first-order chi connectivity index (χ1) is 14.2. The van der Waals surface area contributed by atoms with Gasteiger partial charge >= 0.3 is 196 Å². The molecule has 0 aromatic carbocycles. The third-order valence-electron chi connectivity index (χ3n) is 11.0. The quantitative estimate of drug-likeness (QED) is 0.273. The topological polar surface area (TPSA) is 20.2 Å². The summed E-state index contributed by atoms with van der Waals surface area (Å²) in [6, 6.07) is 0. The molecule has 30 heavy (non-hydrogen) atoms. The van der Waals surface area contributed by atoms with E-state index >= 15 is 0 Å². The van der Waals surface area contributed by atoms with E-state index in [-0.39, 0.29) is 6.10 Å². The number of alkyl halides is 3. The van der Waals surface area contributed by atoms with Gasteiger partial charge in [0.2, 0.25) is 0 Å². The Hall–Kier alpha value is 0.690. The summed E-state index contributed by atoms with van der Waals surface area (Å²) in [6.45, 7) is 15.3. The van der Waals surface area contributed by atoms with Gasteiger partial charge in [-0.25, -0.2) is 0 Å². The second-order valence-corrected chi connectivity index (χ2v) is 19.7. The Bertz CT molecular complexity index is 589. The first kappa shape index (κ1) is 23.8. The van der Waals surface area contributed by atoms with Crippen LogP contribution in [0.5, 0.6) is 0 Å². The van der Waals surface area contributed by atoms with Crippen LogP contribution in [0, 0.1) is 46.8 Å². The molecule has 0 amide bonds. The third-order valence-corrected chi connectivity index (χ3v) is 19.9. The fraction of sp³-hybridized carbons (Fsp3) is 1.00. The van der Waals surface area contributed by atoms with E-state index in [0.29, 0.717) is 8.84 Å². The maximum atomic E-state index is 10.3. The Morgan fingerprint density at radius 2 is 1.70 bits per heavy atom. The van der Waals surface area contributed by atoms with Crippen molar-refractivity contribution in [3.05, 3.63) is 0 Å². The van der Waals surface area contributed by atoms with Gasteiger partial charge in [0.05, 0.1) is 0 Å². The predicted molar refractivity (Wildman–Crippen MR) is 140 cm³/mol. The van der Waals surface area contributed by atoms with Crippen LogP contribution in [0.1, 0.15) is 106 Å². The number of fused-ring (bicyclic) bond motifs is 5. The molecule has 2 aliphatic heterocycles. The zero-order chi connectivity index (χ0) is 21.7. The maximum absolute atomic E-state index is 10.3. The van der Waals surface area contributed by atoms with E-state index in [0.717, 1.165) is 47.8 Å². The Morgan fingerprint density at radius 1 is 0.933 bits per heavy atom. The van der Waals surface area contributed by atoms with Crippen molar-refractivity contribution in [2.45, 2.75) is 115 Å². The van der Waals surface area contributed by atoms with Crippen molar-refractivity contribution in [3.8, 4) is 0 Å². The van der Waals surface area contributed by atoms with Gasteiger partial charge in [-0.3, -0.25) is 0 Å². The molecule has 0 aromatic heterocycles. The molecule has 0 bridgehead atoms. The first-order valence-electron chi connectivity index (χ1n) is 13.5. The summed E-state index contributed by atoms with van der Waals surface area (Å²) < 4.78 is 3.49. The van der Waals surface area contributed by atoms with Crippen LogP contribution in [-0.4, -0.2) is 23.5 Å². The standard InChI is InChI=1S/C28H51IO/c1-7-21(19(2)3)9-8-20(4)24-10-11-25-23-14-17-29-18-22(30)12-16-28(29,6)26(23)13-15-27(24,25)5/h19-26,30H,7-18H2,1-6H3. The van der Waals surface area contributed by atoms with Crippen LogP contribution in [0.3, 0.4) is 0 Å². The van der Waals surface area contributed by atoms with Crippen molar-refractivity contribution in [1.29, 1.82) is 0 Å². The van der Waals surface area contributed by atoms with E-state index in [2.05, 4.69) is 41.5 Å². The van der Waals surface area contributed by atoms with Gasteiger partial charge < -0.3 is 0 Å². The molecule has 9 unspecified atom stereocenters. The van der Waals surface area contributed by atoms with Crippen LogP contribution >= 0.6 is 19.8 Å². The van der Waals surface area contributed by atoms with Crippen molar-refractivity contribution in [1.82, 2.24) is 0 Å². The molecular formula is C28H51IO. The monoisotopic (exact) mass is 530 g/mol. The minimum absolute atomic E-state index is 0.0585. The molecule has 4 fully saturated rings. The Labute approximate surface area is 195 Å². The van der Waals surface area contributed by atoms with Gasteiger partial charge in [-0.05, 0) is 0 Å². The molecular weight excluding hydrogens is 479 g/mol. The van der Waals surface area contributed by atoms with Gasteiger partial charge in [0, 0.05) is 0 Å². The molecule has 0 radical (unpaired) electrons. The normalized spacial score (nSPS) is 46.8. The number of aliphatic hydroxyl groups excluding tert-OH is 1. The molecule has 2 aliphatic carbocycles. The number of rotatable bonds is 6. The van der Waals surface area contributed by atoms with Gasteiger partial charge in [0.25, 0.3) is 0 Å². The summed E-state index contributed by atoms with van der Waals surface area (Å²) in [6.07, 6.45) is 14.4.